The van der Waals surface area contributed by atoms with Crippen LogP contribution in [0.3, 0.4) is 0 Å². The Morgan fingerprint density at radius 3 is 2.52 bits per heavy atom. The summed E-state index contributed by atoms with van der Waals surface area (Å²) >= 11 is 11.8. The van der Waals surface area contributed by atoms with Crippen LogP contribution in [0.15, 0.2) is 42.5 Å². The number of ether oxygens (including phenoxy) is 2. The predicted molar refractivity (Wildman–Crippen MR) is 101 cm³/mol. The summed E-state index contributed by atoms with van der Waals surface area (Å²) in [6, 6.07) is 10.6. The fourth-order valence-electron chi connectivity index (χ4n) is 2.11. The van der Waals surface area contributed by atoms with Crippen LogP contribution in [-0.2, 0) is 20.7 Å². The van der Waals surface area contributed by atoms with E-state index in [4.69, 9.17) is 32.7 Å². The lowest BCUT2D eigenvalue weighted by Gasteiger charge is -2.15. The highest BCUT2D eigenvalue weighted by Gasteiger charge is 2.19. The summed E-state index contributed by atoms with van der Waals surface area (Å²) in [5, 5.41) is 3.33. The highest BCUT2D eigenvalue weighted by Crippen LogP contribution is 2.28. The Bertz CT molecular complexity index is 799. The quantitative estimate of drug-likeness (QED) is 0.668. The molecule has 0 aliphatic carbocycles. The second-order valence-electron chi connectivity index (χ2n) is 5.67. The molecular formula is C19H18Cl2FNO4. The number of halogens is 3. The number of carbonyl (C=O) groups excluding carboxylic acids is 2. The maximum Gasteiger partial charge on any atom is 0.347 e. The van der Waals surface area contributed by atoms with E-state index < -0.39 is 24.6 Å². The molecule has 0 aliphatic heterocycles. The minimum absolute atomic E-state index is 0.265. The Hall–Kier alpha value is -2.31. The predicted octanol–water partition coefficient (Wildman–Crippen LogP) is 3.80. The Kier molecular flexibility index (Phi) is 7.88. The van der Waals surface area contributed by atoms with Crippen molar-refractivity contribution in [2.24, 2.45) is 0 Å². The first-order valence-electron chi connectivity index (χ1n) is 8.14. The average Bonchev–Trinajstić information content (AvgIpc) is 2.63. The zero-order valence-electron chi connectivity index (χ0n) is 14.5. The van der Waals surface area contributed by atoms with Crippen LogP contribution in [0.4, 0.5) is 4.39 Å². The number of hydrogen-bond donors (Lipinski definition) is 1. The van der Waals surface area contributed by atoms with Gasteiger partial charge >= 0.3 is 5.97 Å². The normalized spacial score (nSPS) is 11.6. The van der Waals surface area contributed by atoms with Gasteiger partial charge in [-0.05, 0) is 49.2 Å². The number of rotatable bonds is 8. The molecule has 0 bridgehead atoms. The Morgan fingerprint density at radius 2 is 1.85 bits per heavy atom. The molecule has 2 rings (SSSR count). The zero-order chi connectivity index (χ0) is 19.8. The van der Waals surface area contributed by atoms with Crippen LogP contribution in [0.25, 0.3) is 0 Å². The van der Waals surface area contributed by atoms with Crippen molar-refractivity contribution in [1.82, 2.24) is 5.32 Å². The Balaban J connectivity index is 1.70. The van der Waals surface area contributed by atoms with Gasteiger partial charge in [-0.3, -0.25) is 4.79 Å². The zero-order valence-corrected chi connectivity index (χ0v) is 16.0. The van der Waals surface area contributed by atoms with E-state index >= 15 is 0 Å². The molecule has 27 heavy (non-hydrogen) atoms. The molecule has 0 saturated heterocycles. The van der Waals surface area contributed by atoms with Gasteiger partial charge in [0.05, 0.1) is 5.02 Å². The Morgan fingerprint density at radius 1 is 1.15 bits per heavy atom. The van der Waals surface area contributed by atoms with E-state index in [0.29, 0.717) is 18.0 Å². The van der Waals surface area contributed by atoms with E-state index in [9.17, 15) is 14.0 Å². The molecule has 144 valence electrons. The SMILES string of the molecule is CC(Oc1ccc(Cl)cc1Cl)C(=O)OCC(=O)NCCc1ccc(F)cc1. The molecule has 1 N–H and O–H groups in total. The summed E-state index contributed by atoms with van der Waals surface area (Å²) in [6.07, 6.45) is -0.412. The van der Waals surface area contributed by atoms with E-state index in [1.807, 2.05) is 0 Å². The summed E-state index contributed by atoms with van der Waals surface area (Å²) in [5.41, 5.74) is 0.885. The summed E-state index contributed by atoms with van der Waals surface area (Å²) < 4.78 is 23.2. The summed E-state index contributed by atoms with van der Waals surface area (Å²) in [7, 11) is 0. The van der Waals surface area contributed by atoms with Crippen molar-refractivity contribution in [1.29, 1.82) is 0 Å². The van der Waals surface area contributed by atoms with Crippen molar-refractivity contribution >= 4 is 35.1 Å². The monoisotopic (exact) mass is 413 g/mol. The third-order valence-corrected chi connectivity index (χ3v) is 4.05. The summed E-state index contributed by atoms with van der Waals surface area (Å²) in [5.74, 6) is -1.17. The topological polar surface area (TPSA) is 64.6 Å². The van der Waals surface area contributed by atoms with Gasteiger partial charge in [0.1, 0.15) is 11.6 Å². The lowest BCUT2D eigenvalue weighted by molar-refractivity contribution is -0.154. The molecule has 1 amide bonds. The standard InChI is InChI=1S/C19H18Cl2FNO4/c1-12(27-17-7-4-14(20)10-16(17)21)19(25)26-11-18(24)23-9-8-13-2-5-15(22)6-3-13/h2-7,10,12H,8-9,11H2,1H3,(H,23,24). The van der Waals surface area contributed by atoms with Crippen LogP contribution in [-0.4, -0.2) is 31.1 Å². The van der Waals surface area contributed by atoms with Gasteiger partial charge in [0.25, 0.3) is 5.91 Å². The Labute approximate surface area is 166 Å². The molecule has 2 aromatic rings. The second kappa shape index (κ2) is 10.1. The maximum atomic E-state index is 12.8. The first-order valence-corrected chi connectivity index (χ1v) is 8.90. The highest BCUT2D eigenvalue weighted by atomic mass is 35.5. The molecule has 0 aromatic heterocycles. The number of carbonyl (C=O) groups is 2. The molecule has 8 heteroatoms. The summed E-state index contributed by atoms with van der Waals surface area (Å²) in [6.45, 7) is 1.40. The van der Waals surface area contributed by atoms with Crippen LogP contribution in [0.5, 0.6) is 5.75 Å². The molecule has 0 saturated carbocycles. The fourth-order valence-corrected chi connectivity index (χ4v) is 2.56. The minimum atomic E-state index is -0.948. The third kappa shape index (κ3) is 7.07. The highest BCUT2D eigenvalue weighted by molar-refractivity contribution is 6.35. The van der Waals surface area contributed by atoms with E-state index in [1.165, 1.54) is 31.2 Å². The van der Waals surface area contributed by atoms with Gasteiger partial charge in [-0.15, -0.1) is 0 Å². The number of amides is 1. The lowest BCUT2D eigenvalue weighted by atomic mass is 10.1. The maximum absolute atomic E-state index is 12.8. The molecular weight excluding hydrogens is 396 g/mol. The van der Waals surface area contributed by atoms with Crippen molar-refractivity contribution in [3.8, 4) is 5.75 Å². The minimum Gasteiger partial charge on any atom is -0.477 e. The van der Waals surface area contributed by atoms with Gasteiger partial charge in [-0.25, -0.2) is 9.18 Å². The molecule has 1 unspecified atom stereocenters. The van der Waals surface area contributed by atoms with Gasteiger partial charge in [-0.2, -0.15) is 0 Å². The molecule has 0 aliphatic rings. The number of benzene rings is 2. The molecule has 0 fully saturated rings. The smallest absolute Gasteiger partial charge is 0.347 e. The number of hydrogen-bond acceptors (Lipinski definition) is 4. The third-order valence-electron chi connectivity index (χ3n) is 3.52. The van der Waals surface area contributed by atoms with E-state index in [0.717, 1.165) is 5.56 Å². The first-order chi connectivity index (χ1) is 12.8. The van der Waals surface area contributed by atoms with Crippen molar-refractivity contribution < 1.29 is 23.5 Å². The lowest BCUT2D eigenvalue weighted by Crippen LogP contribution is -2.33. The number of nitrogens with one attached hydrogen (secondary N) is 1. The largest absolute Gasteiger partial charge is 0.477 e. The van der Waals surface area contributed by atoms with Crippen molar-refractivity contribution in [3.63, 3.8) is 0 Å². The second-order valence-corrected chi connectivity index (χ2v) is 6.51. The van der Waals surface area contributed by atoms with Crippen molar-refractivity contribution in [2.45, 2.75) is 19.4 Å². The van der Waals surface area contributed by atoms with Gasteiger partial charge < -0.3 is 14.8 Å². The molecule has 0 heterocycles. The first kappa shape index (κ1) is 21.0. The van der Waals surface area contributed by atoms with Gasteiger partial charge in [0.2, 0.25) is 0 Å². The summed E-state index contributed by atoms with van der Waals surface area (Å²) in [4.78, 5) is 23.7. The van der Waals surface area contributed by atoms with Crippen LogP contribution in [0.2, 0.25) is 10.0 Å². The van der Waals surface area contributed by atoms with Crippen LogP contribution >= 0.6 is 23.2 Å². The van der Waals surface area contributed by atoms with E-state index in [2.05, 4.69) is 5.32 Å². The average molecular weight is 414 g/mol. The molecule has 5 nitrogen and oxygen atoms in total. The van der Waals surface area contributed by atoms with Gasteiger partial charge in [0, 0.05) is 11.6 Å². The van der Waals surface area contributed by atoms with Crippen LogP contribution in [0.1, 0.15) is 12.5 Å². The number of esters is 1. The fraction of sp³-hybridized carbons (Fsp3) is 0.263. The molecule has 2 aromatic carbocycles. The van der Waals surface area contributed by atoms with Gasteiger partial charge in [-0.1, -0.05) is 35.3 Å². The van der Waals surface area contributed by atoms with E-state index in [1.54, 1.807) is 18.2 Å². The van der Waals surface area contributed by atoms with Crippen LogP contribution in [0, 0.1) is 5.82 Å². The van der Waals surface area contributed by atoms with Gasteiger partial charge in [0.15, 0.2) is 12.7 Å². The molecule has 1 atom stereocenters. The molecule has 0 radical (unpaired) electrons. The van der Waals surface area contributed by atoms with Crippen molar-refractivity contribution in [3.05, 3.63) is 63.9 Å². The van der Waals surface area contributed by atoms with E-state index in [-0.39, 0.29) is 16.6 Å². The van der Waals surface area contributed by atoms with Crippen LogP contribution < -0.4 is 10.1 Å². The molecule has 0 spiro atoms. The van der Waals surface area contributed by atoms with Crippen molar-refractivity contribution in [2.75, 3.05) is 13.2 Å².